The Bertz CT molecular complexity index is 2020. The van der Waals surface area contributed by atoms with Crippen LogP contribution in [-0.2, 0) is 14.2 Å². The predicted octanol–water partition coefficient (Wildman–Crippen LogP) is -5.15. The molecule has 0 saturated carbocycles. The van der Waals surface area contributed by atoms with Crippen molar-refractivity contribution in [1.82, 2.24) is 28.7 Å². The number of hydrogen-bond donors (Lipinski definition) is 9. The molecule has 9 N–H and O–H groups in total. The van der Waals surface area contributed by atoms with Gasteiger partial charge in [-0.25, -0.2) is 14.4 Å². The first-order valence-corrected chi connectivity index (χ1v) is 15.5. The van der Waals surface area contributed by atoms with Gasteiger partial charge in [-0.3, -0.25) is 43.0 Å². The van der Waals surface area contributed by atoms with E-state index in [4.69, 9.17) is 34.8 Å². The van der Waals surface area contributed by atoms with E-state index in [-0.39, 0.29) is 38.0 Å². The van der Waals surface area contributed by atoms with Gasteiger partial charge in [0.15, 0.2) is 0 Å². The van der Waals surface area contributed by atoms with Gasteiger partial charge in [-0.15, -0.1) is 0 Å². The van der Waals surface area contributed by atoms with E-state index in [0.29, 0.717) is 5.56 Å². The summed E-state index contributed by atoms with van der Waals surface area (Å²) in [6.45, 7) is 0.484. The molecule has 0 bridgehead atoms. The minimum Gasteiger partial charge on any atom is -0.394 e. The van der Waals surface area contributed by atoms with Crippen molar-refractivity contribution >= 4 is 0 Å². The van der Waals surface area contributed by atoms with Crippen LogP contribution < -0.4 is 33.7 Å². The van der Waals surface area contributed by atoms with E-state index in [1.54, 1.807) is 18.0 Å². The third kappa shape index (κ3) is 8.93. The lowest BCUT2D eigenvalue weighted by molar-refractivity contribution is -0.0462. The molecule has 52 heavy (non-hydrogen) atoms. The molecule has 3 aromatic heterocycles. The summed E-state index contributed by atoms with van der Waals surface area (Å²) < 4.78 is 31.9. The van der Waals surface area contributed by atoms with Crippen molar-refractivity contribution in [1.29, 1.82) is 5.26 Å². The molecule has 3 aromatic rings. The van der Waals surface area contributed by atoms with Gasteiger partial charge in [-0.2, -0.15) is 9.65 Å². The van der Waals surface area contributed by atoms with Gasteiger partial charge in [-0.05, 0) is 6.92 Å². The average molecular weight is 742 g/mol. The van der Waals surface area contributed by atoms with Crippen LogP contribution in [0.1, 0.15) is 49.1 Å². The topological polar surface area (TPSA) is 337 Å². The van der Waals surface area contributed by atoms with Crippen molar-refractivity contribution in [3.05, 3.63) is 98.0 Å². The summed E-state index contributed by atoms with van der Waals surface area (Å²) in [6.07, 6.45) is -3.79. The zero-order chi connectivity index (χ0) is 38.4. The third-order valence-corrected chi connectivity index (χ3v) is 8.24. The van der Waals surface area contributed by atoms with E-state index in [1.807, 2.05) is 4.98 Å². The number of aliphatic hydroxyl groups is 6. The van der Waals surface area contributed by atoms with Gasteiger partial charge in [0, 0.05) is 37.2 Å². The van der Waals surface area contributed by atoms with Crippen molar-refractivity contribution in [2.75, 3.05) is 19.8 Å². The van der Waals surface area contributed by atoms with Crippen LogP contribution in [-0.4, -0.2) is 116 Å². The molecular weight excluding hydrogens is 705 g/mol. The first-order chi connectivity index (χ1) is 24.6. The molecule has 3 aliphatic rings. The number of ether oxygens (including phenoxy) is 3. The molecule has 0 amide bonds. The lowest BCUT2D eigenvalue weighted by atomic mass is 10.2. The molecule has 3 fully saturated rings. The van der Waals surface area contributed by atoms with Crippen molar-refractivity contribution in [3.63, 3.8) is 0 Å². The quantitative estimate of drug-likeness (QED) is 0.114. The SMILES string of the molecule is Cc1cn([C@H]2CC(O)[C@@H](CO)O2)c(=O)[nH]c1=O.N#Cc1cn([C@H]2CC(O)[C@@H](CO)O2)c(=O)[nH]c1=O.O=c1[nH]c(=O)n([C@H]2CC(O)[C@@H](CO)O2)cc1F. The smallest absolute Gasteiger partial charge is 0.330 e. The highest BCUT2D eigenvalue weighted by molar-refractivity contribution is 5.21. The Hall–Kier alpha value is -4.90. The maximum Gasteiger partial charge on any atom is 0.330 e. The number of nitrogens with zero attached hydrogens (tertiary/aromatic N) is 4. The number of nitrogens with one attached hydrogen (secondary N) is 3. The zero-order valence-corrected chi connectivity index (χ0v) is 27.2. The molecule has 3 aliphatic heterocycles. The van der Waals surface area contributed by atoms with E-state index in [9.17, 15) is 48.5 Å². The maximum atomic E-state index is 13.0. The van der Waals surface area contributed by atoms with Crippen LogP contribution in [0.4, 0.5) is 4.39 Å². The number of nitriles is 1. The van der Waals surface area contributed by atoms with Gasteiger partial charge in [0.2, 0.25) is 5.82 Å². The van der Waals surface area contributed by atoms with Crippen molar-refractivity contribution < 1.29 is 49.2 Å². The molecule has 9 atom stereocenters. The highest BCUT2D eigenvalue weighted by atomic mass is 19.1. The van der Waals surface area contributed by atoms with Crippen LogP contribution in [0.3, 0.4) is 0 Å². The fourth-order valence-corrected chi connectivity index (χ4v) is 5.40. The Morgan fingerprint density at radius 3 is 1.42 bits per heavy atom. The molecule has 0 aliphatic carbocycles. The summed E-state index contributed by atoms with van der Waals surface area (Å²) in [5.74, 6) is -1.12. The monoisotopic (exact) mass is 741 g/mol. The van der Waals surface area contributed by atoms with E-state index in [0.717, 1.165) is 21.5 Å². The second-order valence-corrected chi connectivity index (χ2v) is 11.8. The Balaban J connectivity index is 0.000000175. The third-order valence-electron chi connectivity index (χ3n) is 8.24. The second kappa shape index (κ2) is 17.1. The molecule has 0 radical (unpaired) electrons. The van der Waals surface area contributed by atoms with Gasteiger partial charge in [0.05, 0.1) is 44.3 Å². The average Bonchev–Trinajstić information content (AvgIpc) is 3.80. The number of aromatic nitrogens is 6. The maximum absolute atomic E-state index is 13.0. The van der Waals surface area contributed by atoms with E-state index < -0.39 is 101 Å². The van der Waals surface area contributed by atoms with Gasteiger partial charge in [0.25, 0.3) is 16.7 Å². The molecule has 23 heteroatoms. The summed E-state index contributed by atoms with van der Waals surface area (Å²) in [5, 5.41) is 64.0. The Morgan fingerprint density at radius 1 is 0.673 bits per heavy atom. The van der Waals surface area contributed by atoms with Gasteiger partial charge >= 0.3 is 17.1 Å². The molecule has 0 spiro atoms. The number of H-pyrrole nitrogens is 3. The molecule has 22 nitrogen and oxygen atoms in total. The first-order valence-electron chi connectivity index (χ1n) is 15.5. The lowest BCUT2D eigenvalue weighted by Gasteiger charge is -2.14. The van der Waals surface area contributed by atoms with Crippen LogP contribution in [0.15, 0.2) is 47.4 Å². The van der Waals surface area contributed by atoms with Crippen LogP contribution in [0.5, 0.6) is 0 Å². The lowest BCUT2D eigenvalue weighted by Crippen LogP contribution is -2.34. The van der Waals surface area contributed by atoms with Gasteiger partial charge < -0.3 is 44.8 Å². The van der Waals surface area contributed by atoms with Gasteiger partial charge in [-0.1, -0.05) is 0 Å². The molecule has 6 heterocycles. The molecule has 3 unspecified atom stereocenters. The first kappa shape index (κ1) is 39.9. The highest BCUT2D eigenvalue weighted by Crippen LogP contribution is 2.29. The minimum atomic E-state index is -1.12. The number of aliphatic hydroxyl groups excluding tert-OH is 6. The largest absolute Gasteiger partial charge is 0.394 e. The van der Waals surface area contributed by atoms with Crippen molar-refractivity contribution in [2.45, 2.75) is 81.5 Å². The van der Waals surface area contributed by atoms with Crippen LogP contribution in [0, 0.1) is 24.1 Å². The number of aromatic amines is 3. The molecule has 284 valence electrons. The van der Waals surface area contributed by atoms with Crippen molar-refractivity contribution in [3.8, 4) is 6.07 Å². The number of halogens is 1. The predicted molar refractivity (Wildman–Crippen MR) is 168 cm³/mol. The molecule has 3 saturated heterocycles. The summed E-state index contributed by atoms with van der Waals surface area (Å²) in [5.41, 5.74) is -4.29. The summed E-state index contributed by atoms with van der Waals surface area (Å²) >= 11 is 0. The summed E-state index contributed by atoms with van der Waals surface area (Å²) in [6, 6.07) is 1.65. The summed E-state index contributed by atoms with van der Waals surface area (Å²) in [4.78, 5) is 73.7. The fourth-order valence-electron chi connectivity index (χ4n) is 5.40. The van der Waals surface area contributed by atoms with E-state index in [1.165, 1.54) is 10.8 Å². The Morgan fingerprint density at radius 2 is 1.04 bits per heavy atom. The fraction of sp³-hybridized carbons (Fsp3) is 0.552. The number of rotatable bonds is 6. The van der Waals surface area contributed by atoms with Crippen LogP contribution in [0.2, 0.25) is 0 Å². The summed E-state index contributed by atoms with van der Waals surface area (Å²) in [7, 11) is 0. The zero-order valence-electron chi connectivity index (χ0n) is 27.2. The Labute approximate surface area is 288 Å². The minimum absolute atomic E-state index is 0.0383. The molecule has 6 rings (SSSR count). The van der Waals surface area contributed by atoms with Crippen molar-refractivity contribution in [2.24, 2.45) is 0 Å². The normalized spacial score (nSPS) is 28.0. The van der Waals surface area contributed by atoms with Gasteiger partial charge in [0.1, 0.15) is 48.6 Å². The molecule has 0 aromatic carbocycles. The van der Waals surface area contributed by atoms with Crippen LogP contribution >= 0.6 is 0 Å². The van der Waals surface area contributed by atoms with E-state index >= 15 is 0 Å². The van der Waals surface area contributed by atoms with Crippen LogP contribution in [0.25, 0.3) is 0 Å². The highest BCUT2D eigenvalue weighted by Gasteiger charge is 2.37. The second-order valence-electron chi connectivity index (χ2n) is 11.8. The molecular formula is C29H36FN7O15. The van der Waals surface area contributed by atoms with E-state index in [2.05, 4.69) is 4.98 Å². The standard InChI is InChI=1S/C10H11N3O5.C10H14N2O5.C9H11FN2O5/c11-2-5-3-13(10(17)12-9(5)16)8-1-6(15)7(4-14)18-8;1-5-3-12(10(16)11-9(5)15)8-2-6(14)7(4-13)17-8;10-4-2-12(9(16)11-8(4)15)7-1-5(14)6(3-13)17-7/h3,6-8,14-15H,1,4H2,(H,12,16,17);3,6-8,13-14H,2,4H2,1H3,(H,11,15,16);2,5-7,13-14H,1,3H2,(H,11,15,16)/t2*6?,7-,8-;5?,6-,7-/m111/s1. The number of aryl methyl sites for hydroxylation is 1. The number of hydrogen-bond acceptors (Lipinski definition) is 16. The Kier molecular flexibility index (Phi) is 13.1.